The highest BCUT2D eigenvalue weighted by Crippen LogP contribution is 2.35. The first-order valence-corrected chi connectivity index (χ1v) is 7.44. The van der Waals surface area contributed by atoms with E-state index < -0.39 is 5.91 Å². The maximum absolute atomic E-state index is 11.9. The molecule has 0 saturated carbocycles. The molecular weight excluding hydrogens is 276 g/mol. The SMILES string of the molecule is CCNC(=O)c1sc(NCCC(C)C)c(C(N)=O)c1N. The second-order valence-corrected chi connectivity index (χ2v) is 5.90. The summed E-state index contributed by atoms with van der Waals surface area (Å²) in [5, 5.41) is 6.38. The fraction of sp³-hybridized carbons (Fsp3) is 0.538. The van der Waals surface area contributed by atoms with Crippen molar-refractivity contribution < 1.29 is 9.59 Å². The molecule has 0 fully saturated rings. The summed E-state index contributed by atoms with van der Waals surface area (Å²) in [6, 6.07) is 0. The monoisotopic (exact) mass is 298 g/mol. The van der Waals surface area contributed by atoms with Gasteiger partial charge in [-0.05, 0) is 19.3 Å². The summed E-state index contributed by atoms with van der Waals surface area (Å²) in [5.74, 6) is -0.365. The summed E-state index contributed by atoms with van der Waals surface area (Å²) in [4.78, 5) is 23.7. The van der Waals surface area contributed by atoms with E-state index in [0.29, 0.717) is 28.9 Å². The summed E-state index contributed by atoms with van der Waals surface area (Å²) in [5.41, 5.74) is 11.6. The largest absolute Gasteiger partial charge is 0.397 e. The highest BCUT2D eigenvalue weighted by molar-refractivity contribution is 7.19. The van der Waals surface area contributed by atoms with Gasteiger partial charge in [0.15, 0.2) is 0 Å². The van der Waals surface area contributed by atoms with Crippen molar-refractivity contribution in [2.75, 3.05) is 24.1 Å². The van der Waals surface area contributed by atoms with Gasteiger partial charge in [-0.3, -0.25) is 9.59 Å². The van der Waals surface area contributed by atoms with Gasteiger partial charge in [0.05, 0.1) is 11.3 Å². The predicted octanol–water partition coefficient (Wildman–Crippen LogP) is 1.64. The molecule has 0 aliphatic carbocycles. The standard InChI is InChI=1S/C13H22N4O2S/c1-4-16-12(19)10-9(14)8(11(15)18)13(20-10)17-6-5-7(2)3/h7,17H,4-6,14H2,1-3H3,(H2,15,18)(H,16,19). The van der Waals surface area contributed by atoms with Crippen LogP contribution in [-0.2, 0) is 0 Å². The first-order chi connectivity index (χ1) is 9.38. The third-order valence-corrected chi connectivity index (χ3v) is 3.90. The average Bonchev–Trinajstić information content (AvgIpc) is 2.66. The third-order valence-electron chi connectivity index (χ3n) is 2.74. The van der Waals surface area contributed by atoms with E-state index in [-0.39, 0.29) is 17.2 Å². The molecule has 0 radical (unpaired) electrons. The number of carbonyl (C=O) groups is 2. The second kappa shape index (κ2) is 7.14. The van der Waals surface area contributed by atoms with Crippen molar-refractivity contribution in [2.45, 2.75) is 27.2 Å². The number of nitrogen functional groups attached to an aromatic ring is 1. The molecule has 0 aliphatic rings. The van der Waals surface area contributed by atoms with E-state index in [9.17, 15) is 9.59 Å². The molecule has 1 aromatic heterocycles. The third kappa shape index (κ3) is 3.86. The molecule has 1 heterocycles. The Morgan fingerprint density at radius 1 is 1.35 bits per heavy atom. The Balaban J connectivity index is 3.00. The number of carbonyl (C=O) groups excluding carboxylic acids is 2. The minimum Gasteiger partial charge on any atom is -0.397 e. The van der Waals surface area contributed by atoms with Crippen LogP contribution in [0.5, 0.6) is 0 Å². The lowest BCUT2D eigenvalue weighted by molar-refractivity contribution is 0.0960. The van der Waals surface area contributed by atoms with Gasteiger partial charge in [-0.25, -0.2) is 0 Å². The predicted molar refractivity (Wildman–Crippen MR) is 83.2 cm³/mol. The molecule has 0 unspecified atom stereocenters. The molecule has 20 heavy (non-hydrogen) atoms. The smallest absolute Gasteiger partial charge is 0.263 e. The first kappa shape index (κ1) is 16.3. The summed E-state index contributed by atoms with van der Waals surface area (Å²) < 4.78 is 0. The van der Waals surface area contributed by atoms with Crippen LogP contribution in [0.1, 0.15) is 47.2 Å². The minimum absolute atomic E-state index is 0.153. The molecule has 0 aromatic carbocycles. The van der Waals surface area contributed by atoms with Crippen LogP contribution in [0.4, 0.5) is 10.7 Å². The molecule has 6 N–H and O–H groups in total. The van der Waals surface area contributed by atoms with Crippen LogP contribution in [0.3, 0.4) is 0 Å². The van der Waals surface area contributed by atoms with Crippen molar-refractivity contribution in [3.8, 4) is 0 Å². The van der Waals surface area contributed by atoms with Gasteiger partial charge in [-0.2, -0.15) is 0 Å². The zero-order valence-electron chi connectivity index (χ0n) is 12.1. The highest BCUT2D eigenvalue weighted by atomic mass is 32.1. The fourth-order valence-corrected chi connectivity index (χ4v) is 2.76. The van der Waals surface area contributed by atoms with E-state index in [2.05, 4.69) is 24.5 Å². The van der Waals surface area contributed by atoms with Crippen LogP contribution >= 0.6 is 11.3 Å². The van der Waals surface area contributed by atoms with Gasteiger partial charge in [-0.1, -0.05) is 13.8 Å². The summed E-state index contributed by atoms with van der Waals surface area (Å²) in [7, 11) is 0. The number of rotatable bonds is 7. The van der Waals surface area contributed by atoms with Crippen molar-refractivity contribution in [1.29, 1.82) is 0 Å². The van der Waals surface area contributed by atoms with E-state index in [1.165, 1.54) is 11.3 Å². The van der Waals surface area contributed by atoms with E-state index in [1.807, 2.05) is 6.92 Å². The van der Waals surface area contributed by atoms with Crippen molar-refractivity contribution in [2.24, 2.45) is 11.7 Å². The molecule has 0 saturated heterocycles. The summed E-state index contributed by atoms with van der Waals surface area (Å²) in [6.45, 7) is 7.24. The molecule has 1 rings (SSSR count). The molecule has 0 atom stereocenters. The van der Waals surface area contributed by atoms with Crippen LogP contribution in [0.15, 0.2) is 0 Å². The number of nitrogens with two attached hydrogens (primary N) is 2. The number of anilines is 2. The maximum Gasteiger partial charge on any atom is 0.263 e. The Morgan fingerprint density at radius 3 is 2.50 bits per heavy atom. The molecular formula is C13H22N4O2S. The number of hydrogen-bond acceptors (Lipinski definition) is 5. The molecule has 7 heteroatoms. The van der Waals surface area contributed by atoms with E-state index in [0.717, 1.165) is 6.42 Å². The number of hydrogen-bond donors (Lipinski definition) is 4. The van der Waals surface area contributed by atoms with E-state index >= 15 is 0 Å². The van der Waals surface area contributed by atoms with Crippen LogP contribution in [0, 0.1) is 5.92 Å². The molecule has 0 aliphatic heterocycles. The van der Waals surface area contributed by atoms with Crippen molar-refractivity contribution in [3.05, 3.63) is 10.4 Å². The lowest BCUT2D eigenvalue weighted by Crippen LogP contribution is -2.23. The van der Waals surface area contributed by atoms with Gasteiger partial charge in [0.25, 0.3) is 11.8 Å². The molecule has 2 amide bonds. The van der Waals surface area contributed by atoms with Crippen molar-refractivity contribution in [1.82, 2.24) is 5.32 Å². The Kier molecular flexibility index (Phi) is 5.82. The fourth-order valence-electron chi connectivity index (χ4n) is 1.70. The Bertz CT molecular complexity index is 497. The maximum atomic E-state index is 11.9. The Labute approximate surface area is 122 Å². The quantitative estimate of drug-likeness (QED) is 0.613. The normalized spacial score (nSPS) is 10.6. The number of nitrogens with one attached hydrogen (secondary N) is 2. The lowest BCUT2D eigenvalue weighted by Gasteiger charge is -2.07. The number of thiophene rings is 1. The summed E-state index contributed by atoms with van der Waals surface area (Å²) in [6.07, 6.45) is 0.951. The minimum atomic E-state index is -0.624. The van der Waals surface area contributed by atoms with Crippen LogP contribution in [-0.4, -0.2) is 24.9 Å². The van der Waals surface area contributed by atoms with Gasteiger partial charge in [0, 0.05) is 13.1 Å². The topological polar surface area (TPSA) is 110 Å². The van der Waals surface area contributed by atoms with E-state index in [4.69, 9.17) is 11.5 Å². The molecule has 0 bridgehead atoms. The van der Waals surface area contributed by atoms with Crippen LogP contribution in [0.2, 0.25) is 0 Å². The van der Waals surface area contributed by atoms with Gasteiger partial charge in [-0.15, -0.1) is 11.3 Å². The summed E-state index contributed by atoms with van der Waals surface area (Å²) >= 11 is 1.17. The lowest BCUT2D eigenvalue weighted by atomic mass is 10.1. The van der Waals surface area contributed by atoms with Crippen LogP contribution < -0.4 is 22.1 Å². The molecule has 1 aromatic rings. The number of primary amides is 1. The molecule has 0 spiro atoms. The van der Waals surface area contributed by atoms with Crippen molar-refractivity contribution in [3.63, 3.8) is 0 Å². The number of amides is 2. The van der Waals surface area contributed by atoms with Gasteiger partial charge in [0.2, 0.25) is 0 Å². The zero-order valence-corrected chi connectivity index (χ0v) is 12.9. The average molecular weight is 298 g/mol. The van der Waals surface area contributed by atoms with Crippen LogP contribution in [0.25, 0.3) is 0 Å². The molecule has 6 nitrogen and oxygen atoms in total. The van der Waals surface area contributed by atoms with E-state index in [1.54, 1.807) is 0 Å². The highest BCUT2D eigenvalue weighted by Gasteiger charge is 2.23. The van der Waals surface area contributed by atoms with Crippen molar-refractivity contribution >= 4 is 33.8 Å². The zero-order chi connectivity index (χ0) is 15.3. The molecule has 112 valence electrons. The Morgan fingerprint density at radius 2 is 2.00 bits per heavy atom. The second-order valence-electron chi connectivity index (χ2n) is 4.88. The van der Waals surface area contributed by atoms with Gasteiger partial charge < -0.3 is 22.1 Å². The van der Waals surface area contributed by atoms with Gasteiger partial charge >= 0.3 is 0 Å². The van der Waals surface area contributed by atoms with Gasteiger partial charge in [0.1, 0.15) is 9.88 Å². The Hall–Kier alpha value is -1.76. The first-order valence-electron chi connectivity index (χ1n) is 6.62.